The molecule has 132 valence electrons. The molecule has 1 aromatic carbocycles. The van der Waals surface area contributed by atoms with Crippen LogP contribution in [0.15, 0.2) is 48.9 Å². The molecule has 0 saturated heterocycles. The minimum absolute atomic E-state index is 0.109. The lowest BCUT2D eigenvalue weighted by atomic mass is 9.96. The van der Waals surface area contributed by atoms with Crippen LogP contribution < -0.4 is 10.6 Å². The first-order chi connectivity index (χ1) is 12.7. The molecule has 0 atom stereocenters. The van der Waals surface area contributed by atoms with E-state index in [4.69, 9.17) is 0 Å². The van der Waals surface area contributed by atoms with Crippen molar-refractivity contribution in [2.75, 3.05) is 6.54 Å². The Hall–Kier alpha value is -2.99. The van der Waals surface area contributed by atoms with E-state index < -0.39 is 0 Å². The van der Waals surface area contributed by atoms with Crippen LogP contribution in [0.2, 0.25) is 0 Å². The number of para-hydroxylation sites is 1. The summed E-state index contributed by atoms with van der Waals surface area (Å²) in [6.45, 7) is 4.28. The number of carbonyl (C=O) groups excluding carboxylic acids is 1. The van der Waals surface area contributed by atoms with Gasteiger partial charge in [-0.3, -0.25) is 9.78 Å². The predicted molar refractivity (Wildman–Crippen MR) is 99.1 cm³/mol. The highest BCUT2D eigenvalue weighted by atomic mass is 16.1. The van der Waals surface area contributed by atoms with Crippen LogP contribution in [0, 0.1) is 6.92 Å². The molecule has 0 saturated carbocycles. The highest BCUT2D eigenvalue weighted by Crippen LogP contribution is 2.21. The fourth-order valence-electron chi connectivity index (χ4n) is 3.42. The van der Waals surface area contributed by atoms with E-state index in [0.717, 1.165) is 36.5 Å². The molecule has 2 aromatic heterocycles. The van der Waals surface area contributed by atoms with Gasteiger partial charge in [0.2, 0.25) is 0 Å². The summed E-state index contributed by atoms with van der Waals surface area (Å²) < 4.78 is 1.71. The van der Waals surface area contributed by atoms with Crippen molar-refractivity contribution in [2.45, 2.75) is 26.4 Å². The molecule has 0 unspecified atom stereocenters. The number of nitrogens with zero attached hydrogens (tertiary/aromatic N) is 3. The van der Waals surface area contributed by atoms with E-state index in [9.17, 15) is 4.79 Å². The molecular weight excluding hydrogens is 326 g/mol. The van der Waals surface area contributed by atoms with Crippen LogP contribution in [0.1, 0.15) is 32.7 Å². The van der Waals surface area contributed by atoms with Gasteiger partial charge in [-0.1, -0.05) is 12.1 Å². The standard InChI is InChI=1S/C20H21N5O/c1-14-18(16-7-9-21-11-15(16)12-22-14)13-23-20(26)17-5-2-3-6-19(17)25-10-4-8-24-25/h2-6,8,10,12,21H,7,9,11,13H2,1H3,(H,23,26). The van der Waals surface area contributed by atoms with Crippen LogP contribution in [-0.4, -0.2) is 27.2 Å². The van der Waals surface area contributed by atoms with E-state index in [1.54, 1.807) is 10.9 Å². The normalized spacial score (nSPS) is 13.3. The van der Waals surface area contributed by atoms with Crippen LogP contribution in [-0.2, 0) is 19.5 Å². The van der Waals surface area contributed by atoms with Crippen molar-refractivity contribution in [3.8, 4) is 5.69 Å². The summed E-state index contributed by atoms with van der Waals surface area (Å²) >= 11 is 0. The van der Waals surface area contributed by atoms with Gasteiger partial charge in [0.25, 0.3) is 5.91 Å². The Morgan fingerprint density at radius 2 is 2.19 bits per heavy atom. The molecule has 1 aliphatic rings. The Bertz CT molecular complexity index is 933. The largest absolute Gasteiger partial charge is 0.348 e. The fourth-order valence-corrected chi connectivity index (χ4v) is 3.42. The lowest BCUT2D eigenvalue weighted by Crippen LogP contribution is -2.29. The molecule has 1 amide bonds. The van der Waals surface area contributed by atoms with Gasteiger partial charge >= 0.3 is 0 Å². The molecule has 0 fully saturated rings. The second-order valence-electron chi connectivity index (χ2n) is 6.40. The van der Waals surface area contributed by atoms with E-state index in [1.807, 2.05) is 49.6 Å². The molecule has 4 rings (SSSR count). The molecule has 26 heavy (non-hydrogen) atoms. The summed E-state index contributed by atoms with van der Waals surface area (Å²) in [5, 5.41) is 10.7. The first-order valence-electron chi connectivity index (χ1n) is 8.78. The summed E-state index contributed by atoms with van der Waals surface area (Å²) in [7, 11) is 0. The molecule has 0 spiro atoms. The van der Waals surface area contributed by atoms with E-state index >= 15 is 0 Å². The van der Waals surface area contributed by atoms with Crippen LogP contribution in [0.25, 0.3) is 5.69 Å². The fraction of sp³-hybridized carbons (Fsp3) is 0.250. The number of amides is 1. The molecule has 6 heteroatoms. The quantitative estimate of drug-likeness (QED) is 0.759. The van der Waals surface area contributed by atoms with Crippen molar-refractivity contribution in [1.82, 2.24) is 25.4 Å². The number of pyridine rings is 1. The maximum absolute atomic E-state index is 12.8. The lowest BCUT2D eigenvalue weighted by Gasteiger charge is -2.21. The number of fused-ring (bicyclic) bond motifs is 1. The van der Waals surface area contributed by atoms with Crippen LogP contribution in [0.4, 0.5) is 0 Å². The maximum atomic E-state index is 12.8. The van der Waals surface area contributed by atoms with Crippen molar-refractivity contribution in [3.63, 3.8) is 0 Å². The average Bonchev–Trinajstić information content (AvgIpc) is 3.21. The summed E-state index contributed by atoms with van der Waals surface area (Å²) in [5.74, 6) is -0.109. The number of benzene rings is 1. The van der Waals surface area contributed by atoms with Crippen molar-refractivity contribution < 1.29 is 4.79 Å². The number of carbonyl (C=O) groups is 1. The van der Waals surface area contributed by atoms with Crippen LogP contribution in [0.5, 0.6) is 0 Å². The molecule has 3 heterocycles. The Labute approximate surface area is 152 Å². The number of hydrogen-bond acceptors (Lipinski definition) is 4. The van der Waals surface area contributed by atoms with Gasteiger partial charge in [0, 0.05) is 37.4 Å². The summed E-state index contributed by atoms with van der Waals surface area (Å²) in [5.41, 5.74) is 6.03. The number of nitrogens with one attached hydrogen (secondary N) is 2. The first-order valence-corrected chi connectivity index (χ1v) is 8.78. The molecule has 0 radical (unpaired) electrons. The number of aryl methyl sites for hydroxylation is 1. The topological polar surface area (TPSA) is 71.8 Å². The molecule has 2 N–H and O–H groups in total. The van der Waals surface area contributed by atoms with Crippen molar-refractivity contribution >= 4 is 5.91 Å². The molecule has 1 aliphatic heterocycles. The summed E-state index contributed by atoms with van der Waals surface area (Å²) in [4.78, 5) is 17.3. The summed E-state index contributed by atoms with van der Waals surface area (Å²) in [6.07, 6.45) is 6.44. The maximum Gasteiger partial charge on any atom is 0.253 e. The SMILES string of the molecule is Cc1ncc2c(c1CNC(=O)c1ccccc1-n1cccn1)CCNC2. The zero-order valence-electron chi connectivity index (χ0n) is 14.7. The lowest BCUT2D eigenvalue weighted by molar-refractivity contribution is 0.0950. The average molecular weight is 347 g/mol. The van der Waals surface area contributed by atoms with Crippen molar-refractivity contribution in [3.05, 3.63) is 76.9 Å². The van der Waals surface area contributed by atoms with E-state index in [0.29, 0.717) is 12.1 Å². The Kier molecular flexibility index (Phi) is 4.50. The molecule has 0 bridgehead atoms. The minimum Gasteiger partial charge on any atom is -0.348 e. The second kappa shape index (κ2) is 7.09. The van der Waals surface area contributed by atoms with Crippen LogP contribution >= 0.6 is 0 Å². The third-order valence-electron chi connectivity index (χ3n) is 4.80. The minimum atomic E-state index is -0.109. The summed E-state index contributed by atoms with van der Waals surface area (Å²) in [6, 6.07) is 9.33. The van der Waals surface area contributed by atoms with Gasteiger partial charge in [-0.2, -0.15) is 5.10 Å². The van der Waals surface area contributed by atoms with Gasteiger partial charge < -0.3 is 10.6 Å². The molecule has 0 aliphatic carbocycles. The highest BCUT2D eigenvalue weighted by Gasteiger charge is 2.18. The van der Waals surface area contributed by atoms with Gasteiger partial charge in [0.15, 0.2) is 0 Å². The molecule has 6 nitrogen and oxygen atoms in total. The Morgan fingerprint density at radius 3 is 3.04 bits per heavy atom. The number of aromatic nitrogens is 3. The monoisotopic (exact) mass is 347 g/mol. The highest BCUT2D eigenvalue weighted by molar-refractivity contribution is 5.97. The second-order valence-corrected chi connectivity index (χ2v) is 6.40. The van der Waals surface area contributed by atoms with Crippen molar-refractivity contribution in [1.29, 1.82) is 0 Å². The van der Waals surface area contributed by atoms with Gasteiger partial charge in [0.1, 0.15) is 0 Å². The first kappa shape index (κ1) is 16.5. The van der Waals surface area contributed by atoms with Crippen LogP contribution in [0.3, 0.4) is 0 Å². The number of hydrogen-bond donors (Lipinski definition) is 2. The molecule has 3 aromatic rings. The molecular formula is C20H21N5O. The zero-order chi connectivity index (χ0) is 17.9. The van der Waals surface area contributed by atoms with Crippen molar-refractivity contribution in [2.24, 2.45) is 0 Å². The predicted octanol–water partition coefficient (Wildman–Crippen LogP) is 2.15. The van der Waals surface area contributed by atoms with E-state index in [-0.39, 0.29) is 5.91 Å². The van der Waals surface area contributed by atoms with Gasteiger partial charge in [0.05, 0.1) is 11.3 Å². The zero-order valence-corrected chi connectivity index (χ0v) is 14.7. The Balaban J connectivity index is 1.58. The smallest absolute Gasteiger partial charge is 0.253 e. The third-order valence-corrected chi connectivity index (χ3v) is 4.80. The number of rotatable bonds is 4. The van der Waals surface area contributed by atoms with E-state index in [1.165, 1.54) is 11.1 Å². The Morgan fingerprint density at radius 1 is 1.31 bits per heavy atom. The van der Waals surface area contributed by atoms with Gasteiger partial charge in [-0.05, 0) is 54.8 Å². The van der Waals surface area contributed by atoms with Gasteiger partial charge in [-0.25, -0.2) is 4.68 Å². The third kappa shape index (κ3) is 3.11. The van der Waals surface area contributed by atoms with Gasteiger partial charge in [-0.15, -0.1) is 0 Å². The van der Waals surface area contributed by atoms with E-state index in [2.05, 4.69) is 20.7 Å².